The largest absolute Gasteiger partial charge is 0.496 e. The summed E-state index contributed by atoms with van der Waals surface area (Å²) in [6.45, 7) is 4.44. The average molecular weight is 484 g/mol. The number of carboxylic acids is 1. The Morgan fingerprint density at radius 3 is 2.63 bits per heavy atom. The van der Waals surface area contributed by atoms with Crippen LogP contribution in [-0.4, -0.2) is 65.1 Å². The van der Waals surface area contributed by atoms with Gasteiger partial charge in [0.05, 0.1) is 12.7 Å². The van der Waals surface area contributed by atoms with E-state index in [1.165, 1.54) is 0 Å². The third kappa shape index (κ3) is 4.52. The van der Waals surface area contributed by atoms with Crippen LogP contribution in [0.3, 0.4) is 0 Å². The molecule has 8 heteroatoms. The Hall–Kier alpha value is -2.97. The van der Waals surface area contributed by atoms with Crippen molar-refractivity contribution in [3.05, 3.63) is 64.8 Å². The van der Waals surface area contributed by atoms with E-state index in [-0.39, 0.29) is 17.6 Å². The zero-order valence-electron chi connectivity index (χ0n) is 20.0. The molecule has 35 heavy (non-hydrogen) atoms. The van der Waals surface area contributed by atoms with Gasteiger partial charge >= 0.3 is 5.97 Å². The number of piperidine rings is 1. The Bertz CT molecular complexity index is 1200. The molecule has 1 aromatic heterocycles. The summed E-state index contributed by atoms with van der Waals surface area (Å²) in [5.74, 6) is -0.632. The number of halogens is 2. The van der Waals surface area contributed by atoms with E-state index in [4.69, 9.17) is 4.74 Å². The quantitative estimate of drug-likeness (QED) is 0.490. The second kappa shape index (κ2) is 9.59. The molecule has 0 amide bonds. The van der Waals surface area contributed by atoms with Gasteiger partial charge in [0.2, 0.25) is 6.43 Å². The summed E-state index contributed by atoms with van der Waals surface area (Å²) in [5.41, 5.74) is 4.63. The van der Waals surface area contributed by atoms with Gasteiger partial charge in [-0.1, -0.05) is 12.1 Å². The SMILES string of the molecule is COc1cc(C)c2[nH]ccc2c1CN1CC[C@@H](N2CC(C(F)F)C2)C[C@H]1c1ccc(C(=O)O)cc1. The number of nitrogens with one attached hydrogen (secondary N) is 1. The molecule has 6 nitrogen and oxygen atoms in total. The molecule has 186 valence electrons. The zero-order valence-corrected chi connectivity index (χ0v) is 20.0. The van der Waals surface area contributed by atoms with Crippen molar-refractivity contribution in [2.24, 2.45) is 5.92 Å². The van der Waals surface area contributed by atoms with Crippen molar-refractivity contribution in [3.63, 3.8) is 0 Å². The molecule has 2 aromatic carbocycles. The number of hydrogen-bond donors (Lipinski definition) is 2. The van der Waals surface area contributed by atoms with Crippen molar-refractivity contribution in [1.29, 1.82) is 0 Å². The Kier molecular flexibility index (Phi) is 6.51. The number of nitrogens with zero attached hydrogens (tertiary/aromatic N) is 2. The van der Waals surface area contributed by atoms with E-state index in [1.54, 1.807) is 19.2 Å². The average Bonchev–Trinajstić information content (AvgIpc) is 3.31. The van der Waals surface area contributed by atoms with Crippen molar-refractivity contribution in [3.8, 4) is 5.75 Å². The molecular formula is C27H31F2N3O3. The van der Waals surface area contributed by atoms with E-state index in [9.17, 15) is 18.7 Å². The molecule has 0 radical (unpaired) electrons. The fraction of sp³-hybridized carbons (Fsp3) is 0.444. The van der Waals surface area contributed by atoms with Crippen LogP contribution < -0.4 is 4.74 Å². The molecule has 3 aromatic rings. The Balaban J connectivity index is 1.44. The molecule has 3 heterocycles. The van der Waals surface area contributed by atoms with Gasteiger partial charge in [-0.05, 0) is 55.2 Å². The van der Waals surface area contributed by atoms with Gasteiger partial charge in [0, 0.05) is 66.8 Å². The van der Waals surface area contributed by atoms with Crippen LogP contribution in [-0.2, 0) is 6.54 Å². The van der Waals surface area contributed by atoms with Crippen LogP contribution in [0, 0.1) is 12.8 Å². The Morgan fingerprint density at radius 2 is 1.97 bits per heavy atom. The molecule has 0 saturated carbocycles. The van der Waals surface area contributed by atoms with Crippen molar-refractivity contribution in [2.45, 2.75) is 44.8 Å². The number of alkyl halides is 2. The Labute approximate surface area is 203 Å². The van der Waals surface area contributed by atoms with Crippen LogP contribution in [0.15, 0.2) is 42.6 Å². The van der Waals surface area contributed by atoms with Gasteiger partial charge < -0.3 is 14.8 Å². The maximum Gasteiger partial charge on any atom is 0.335 e. The van der Waals surface area contributed by atoms with Gasteiger partial charge in [-0.2, -0.15) is 0 Å². The number of H-pyrrole nitrogens is 1. The maximum atomic E-state index is 13.1. The number of benzene rings is 2. The van der Waals surface area contributed by atoms with Crippen LogP contribution in [0.1, 0.15) is 45.9 Å². The number of aromatic amines is 1. The topological polar surface area (TPSA) is 68.8 Å². The summed E-state index contributed by atoms with van der Waals surface area (Å²) in [4.78, 5) is 19.3. The summed E-state index contributed by atoms with van der Waals surface area (Å²) < 4.78 is 31.9. The van der Waals surface area contributed by atoms with Crippen molar-refractivity contribution >= 4 is 16.9 Å². The lowest BCUT2D eigenvalue weighted by Crippen LogP contribution is -2.57. The van der Waals surface area contributed by atoms with E-state index in [1.807, 2.05) is 18.3 Å². The minimum atomic E-state index is -2.26. The highest BCUT2D eigenvalue weighted by atomic mass is 19.3. The first-order valence-corrected chi connectivity index (χ1v) is 12.1. The van der Waals surface area contributed by atoms with Gasteiger partial charge in [-0.3, -0.25) is 9.80 Å². The lowest BCUT2D eigenvalue weighted by molar-refractivity contribution is -0.0629. The molecule has 2 atom stereocenters. The molecule has 0 bridgehead atoms. The van der Waals surface area contributed by atoms with E-state index < -0.39 is 18.3 Å². The smallest absolute Gasteiger partial charge is 0.335 e. The summed E-state index contributed by atoms with van der Waals surface area (Å²) in [6, 6.07) is 11.5. The highest BCUT2D eigenvalue weighted by Crippen LogP contribution is 2.40. The molecule has 2 N–H and O–H groups in total. The van der Waals surface area contributed by atoms with Gasteiger partial charge in [-0.25, -0.2) is 13.6 Å². The van der Waals surface area contributed by atoms with Crippen LogP contribution >= 0.6 is 0 Å². The van der Waals surface area contributed by atoms with Crippen LogP contribution in [0.5, 0.6) is 5.75 Å². The molecule has 5 rings (SSSR count). The summed E-state index contributed by atoms with van der Waals surface area (Å²) in [6.07, 6.45) is 1.40. The number of aromatic carboxylic acids is 1. The molecule has 0 aliphatic carbocycles. The molecule has 2 aliphatic rings. The van der Waals surface area contributed by atoms with Crippen molar-refractivity contribution in [1.82, 2.24) is 14.8 Å². The third-order valence-electron chi connectivity index (χ3n) is 7.73. The molecule has 2 saturated heterocycles. The minimum Gasteiger partial charge on any atom is -0.496 e. The number of aromatic nitrogens is 1. The Morgan fingerprint density at radius 1 is 1.23 bits per heavy atom. The van der Waals surface area contributed by atoms with Gasteiger partial charge in [0.1, 0.15) is 5.75 Å². The highest BCUT2D eigenvalue weighted by molar-refractivity contribution is 5.88. The predicted molar refractivity (Wildman–Crippen MR) is 130 cm³/mol. The first kappa shape index (κ1) is 23.8. The van der Waals surface area contributed by atoms with E-state index >= 15 is 0 Å². The number of carbonyl (C=O) groups is 1. The van der Waals surface area contributed by atoms with E-state index in [2.05, 4.69) is 33.8 Å². The van der Waals surface area contributed by atoms with Crippen LogP contribution in [0.2, 0.25) is 0 Å². The fourth-order valence-corrected chi connectivity index (χ4v) is 5.70. The van der Waals surface area contributed by atoms with E-state index in [0.29, 0.717) is 19.6 Å². The number of likely N-dealkylation sites (tertiary alicyclic amines) is 2. The lowest BCUT2D eigenvalue weighted by Gasteiger charge is -2.49. The first-order chi connectivity index (χ1) is 16.9. The molecule has 0 spiro atoms. The second-order valence-corrected chi connectivity index (χ2v) is 9.78. The lowest BCUT2D eigenvalue weighted by atomic mass is 9.86. The van der Waals surface area contributed by atoms with Crippen molar-refractivity contribution < 1.29 is 23.4 Å². The highest BCUT2D eigenvalue weighted by Gasteiger charge is 2.41. The summed E-state index contributed by atoms with van der Waals surface area (Å²) in [5, 5.41) is 10.5. The predicted octanol–water partition coefficient (Wildman–Crippen LogP) is 5.09. The minimum absolute atomic E-state index is 0.0437. The van der Waals surface area contributed by atoms with Gasteiger partial charge in [0.25, 0.3) is 0 Å². The van der Waals surface area contributed by atoms with Crippen LogP contribution in [0.4, 0.5) is 8.78 Å². The normalized spacial score (nSPS) is 22.0. The number of aryl methyl sites for hydroxylation is 1. The first-order valence-electron chi connectivity index (χ1n) is 12.1. The summed E-state index contributed by atoms with van der Waals surface area (Å²) in [7, 11) is 1.69. The molecular weight excluding hydrogens is 452 g/mol. The fourth-order valence-electron chi connectivity index (χ4n) is 5.70. The maximum absolute atomic E-state index is 13.1. The molecule has 0 unspecified atom stereocenters. The van der Waals surface area contributed by atoms with E-state index in [0.717, 1.165) is 52.7 Å². The number of ether oxygens (including phenoxy) is 1. The molecule has 2 aliphatic heterocycles. The number of hydrogen-bond acceptors (Lipinski definition) is 4. The van der Waals surface area contributed by atoms with Crippen molar-refractivity contribution in [2.75, 3.05) is 26.7 Å². The number of rotatable bonds is 7. The molecule has 2 fully saturated rings. The van der Waals surface area contributed by atoms with Crippen LogP contribution in [0.25, 0.3) is 10.9 Å². The number of fused-ring (bicyclic) bond motifs is 1. The summed E-state index contributed by atoms with van der Waals surface area (Å²) >= 11 is 0. The standard InChI is InChI=1S/C27H31F2N3O3/c1-16-11-24(35-2)22(21-7-9-30-25(16)21)15-31-10-8-20(32-13-19(14-32)26(28)29)12-23(31)17-3-5-18(6-4-17)27(33)34/h3-7,9,11,19-20,23,26,30H,8,10,12-15H2,1-2H3,(H,33,34)/t20-,23+/m1/s1. The van der Waals surface area contributed by atoms with Gasteiger partial charge in [-0.15, -0.1) is 0 Å². The second-order valence-electron chi connectivity index (χ2n) is 9.78. The third-order valence-corrected chi connectivity index (χ3v) is 7.73. The monoisotopic (exact) mass is 483 g/mol. The number of carboxylic acid groups (broad SMARTS) is 1. The number of methoxy groups -OCH3 is 1. The zero-order chi connectivity index (χ0) is 24.7. The van der Waals surface area contributed by atoms with Gasteiger partial charge in [0.15, 0.2) is 0 Å².